The highest BCUT2D eigenvalue weighted by Crippen LogP contribution is 1.94. The van der Waals surface area contributed by atoms with E-state index < -0.39 is 6.09 Å². The Kier molecular flexibility index (Phi) is 3.01. The summed E-state index contributed by atoms with van der Waals surface area (Å²) >= 11 is 0. The van der Waals surface area contributed by atoms with Gasteiger partial charge in [0.25, 0.3) is 0 Å². The highest BCUT2D eigenvalue weighted by molar-refractivity contribution is 5.63. The molecule has 0 aliphatic carbocycles. The molecule has 54 valence electrons. The highest BCUT2D eigenvalue weighted by atomic mass is 16.6. The van der Waals surface area contributed by atoms with Crippen molar-refractivity contribution in [2.75, 3.05) is 6.54 Å². The topological polar surface area (TPSA) is 60.8 Å². The van der Waals surface area contributed by atoms with Gasteiger partial charge in [-0.25, -0.2) is 4.79 Å². The van der Waals surface area contributed by atoms with E-state index in [0.29, 0.717) is 0 Å². The minimum absolute atomic E-state index is 0.158. The van der Waals surface area contributed by atoms with Crippen LogP contribution in [0.1, 0.15) is 13.8 Å². The molecule has 0 atom stereocenters. The van der Waals surface area contributed by atoms with Gasteiger partial charge in [-0.3, -0.25) is 5.21 Å². The second-order valence-corrected chi connectivity index (χ2v) is 2.26. The van der Waals surface area contributed by atoms with Crippen LogP contribution in [0.3, 0.4) is 0 Å². The minimum atomic E-state index is -1.30. The Morgan fingerprint density at radius 1 is 1.67 bits per heavy atom. The van der Waals surface area contributed by atoms with Gasteiger partial charge < -0.3 is 5.11 Å². The molecule has 0 saturated heterocycles. The molecule has 0 saturated carbocycles. The van der Waals surface area contributed by atoms with Crippen molar-refractivity contribution in [2.24, 2.45) is 5.92 Å². The fraction of sp³-hybridized carbons (Fsp3) is 0.800. The van der Waals surface area contributed by atoms with E-state index in [1.165, 1.54) is 0 Å². The summed E-state index contributed by atoms with van der Waals surface area (Å²) in [5.41, 5.74) is 0. The van der Waals surface area contributed by atoms with Crippen molar-refractivity contribution >= 4 is 6.09 Å². The van der Waals surface area contributed by atoms with Gasteiger partial charge in [0.1, 0.15) is 0 Å². The number of hydroxylamine groups is 2. The monoisotopic (exact) mass is 133 g/mol. The summed E-state index contributed by atoms with van der Waals surface area (Å²) in [6.45, 7) is 3.81. The Morgan fingerprint density at radius 3 is 2.22 bits per heavy atom. The van der Waals surface area contributed by atoms with Crippen LogP contribution in [-0.2, 0) is 0 Å². The third-order valence-corrected chi connectivity index (χ3v) is 0.759. The van der Waals surface area contributed by atoms with Crippen LogP contribution >= 0.6 is 0 Å². The molecule has 0 radical (unpaired) electrons. The molecule has 2 N–H and O–H groups in total. The number of hydrogen-bond acceptors (Lipinski definition) is 2. The van der Waals surface area contributed by atoms with E-state index in [4.69, 9.17) is 10.3 Å². The van der Waals surface area contributed by atoms with Gasteiger partial charge in [0.15, 0.2) is 0 Å². The number of rotatable bonds is 2. The summed E-state index contributed by atoms with van der Waals surface area (Å²) in [7, 11) is 0. The Bertz CT molecular complexity index is 102. The van der Waals surface area contributed by atoms with Gasteiger partial charge in [-0.1, -0.05) is 13.8 Å². The summed E-state index contributed by atoms with van der Waals surface area (Å²) < 4.78 is 0. The van der Waals surface area contributed by atoms with E-state index >= 15 is 0 Å². The molecule has 4 heteroatoms. The van der Waals surface area contributed by atoms with E-state index in [-0.39, 0.29) is 17.5 Å². The molecule has 1 amide bonds. The van der Waals surface area contributed by atoms with Gasteiger partial charge in [-0.15, -0.1) is 0 Å². The zero-order valence-corrected chi connectivity index (χ0v) is 5.53. The molecule has 0 bridgehead atoms. The maximum Gasteiger partial charge on any atom is 0.431 e. The summed E-state index contributed by atoms with van der Waals surface area (Å²) in [5.74, 6) is 0.158. The Morgan fingerprint density at radius 2 is 2.11 bits per heavy atom. The van der Waals surface area contributed by atoms with E-state index in [1.54, 1.807) is 0 Å². The molecule has 0 aliphatic rings. The average molecular weight is 133 g/mol. The van der Waals surface area contributed by atoms with Crippen LogP contribution < -0.4 is 0 Å². The standard InChI is InChI=1S/C5H11NO3/c1-4(2)3-6(9)5(7)8/h4,9H,3H2,1-2H3,(H,7,8). The molecule has 0 aliphatic heterocycles. The van der Waals surface area contributed by atoms with Gasteiger partial charge in [0, 0.05) is 0 Å². The SMILES string of the molecule is CC(C)CN(O)C(=O)O. The lowest BCUT2D eigenvalue weighted by atomic mass is 10.2. The second-order valence-electron chi connectivity index (χ2n) is 2.26. The van der Waals surface area contributed by atoms with Gasteiger partial charge >= 0.3 is 6.09 Å². The molecule has 4 nitrogen and oxygen atoms in total. The molecule has 0 aromatic heterocycles. The van der Waals surface area contributed by atoms with Crippen LogP contribution in [0.4, 0.5) is 4.79 Å². The van der Waals surface area contributed by atoms with Gasteiger partial charge in [-0.2, -0.15) is 5.06 Å². The van der Waals surface area contributed by atoms with Crippen molar-refractivity contribution in [3.63, 3.8) is 0 Å². The average Bonchev–Trinajstić information content (AvgIpc) is 1.63. The normalized spacial score (nSPS) is 9.78. The molecular weight excluding hydrogens is 122 g/mol. The van der Waals surface area contributed by atoms with Crippen LogP contribution in [-0.4, -0.2) is 28.0 Å². The molecule has 9 heavy (non-hydrogen) atoms. The number of carbonyl (C=O) groups is 1. The van der Waals surface area contributed by atoms with E-state index in [0.717, 1.165) is 0 Å². The van der Waals surface area contributed by atoms with Crippen molar-refractivity contribution < 1.29 is 15.1 Å². The van der Waals surface area contributed by atoms with Crippen LogP contribution in [0.2, 0.25) is 0 Å². The van der Waals surface area contributed by atoms with Gasteiger partial charge in [0.2, 0.25) is 0 Å². The number of carboxylic acid groups (broad SMARTS) is 1. The van der Waals surface area contributed by atoms with E-state index in [1.807, 2.05) is 13.8 Å². The molecule has 0 heterocycles. The molecular formula is C5H11NO3. The Labute approximate surface area is 53.7 Å². The molecule has 0 unspecified atom stereocenters. The van der Waals surface area contributed by atoms with Gasteiger partial charge in [0.05, 0.1) is 6.54 Å². The molecule has 0 aromatic rings. The predicted molar refractivity (Wildman–Crippen MR) is 31.4 cm³/mol. The van der Waals surface area contributed by atoms with Crippen LogP contribution in [0.25, 0.3) is 0 Å². The first-order valence-corrected chi connectivity index (χ1v) is 2.73. The Hall–Kier alpha value is -0.770. The first kappa shape index (κ1) is 8.23. The van der Waals surface area contributed by atoms with Crippen molar-refractivity contribution in [2.45, 2.75) is 13.8 Å². The van der Waals surface area contributed by atoms with Crippen molar-refractivity contribution in [1.82, 2.24) is 5.06 Å². The lowest BCUT2D eigenvalue weighted by molar-refractivity contribution is -0.0708. The quantitative estimate of drug-likeness (QED) is 0.436. The van der Waals surface area contributed by atoms with Crippen LogP contribution in [0.5, 0.6) is 0 Å². The molecule has 0 fully saturated rings. The predicted octanol–water partition coefficient (Wildman–Crippen LogP) is 1.01. The fourth-order valence-corrected chi connectivity index (χ4v) is 0.424. The number of hydrogen-bond donors (Lipinski definition) is 2. The maximum atomic E-state index is 9.91. The summed E-state index contributed by atoms with van der Waals surface area (Å²) in [6, 6.07) is 0. The Balaban J connectivity index is 3.50. The number of nitrogens with zero attached hydrogens (tertiary/aromatic N) is 1. The lowest BCUT2D eigenvalue weighted by Crippen LogP contribution is -2.29. The number of amides is 1. The van der Waals surface area contributed by atoms with Crippen LogP contribution in [0, 0.1) is 5.92 Å². The van der Waals surface area contributed by atoms with Crippen molar-refractivity contribution in [3.05, 3.63) is 0 Å². The van der Waals surface area contributed by atoms with E-state index in [2.05, 4.69) is 0 Å². The zero-order valence-electron chi connectivity index (χ0n) is 5.53. The second kappa shape index (κ2) is 3.29. The maximum absolute atomic E-state index is 9.91. The highest BCUT2D eigenvalue weighted by Gasteiger charge is 2.08. The molecule has 0 rings (SSSR count). The van der Waals surface area contributed by atoms with Crippen LogP contribution in [0.15, 0.2) is 0 Å². The van der Waals surface area contributed by atoms with Gasteiger partial charge in [-0.05, 0) is 5.92 Å². The summed E-state index contributed by atoms with van der Waals surface area (Å²) in [5, 5.41) is 16.9. The first-order valence-electron chi connectivity index (χ1n) is 2.73. The zero-order chi connectivity index (χ0) is 7.44. The smallest absolute Gasteiger partial charge is 0.431 e. The minimum Gasteiger partial charge on any atom is -0.463 e. The summed E-state index contributed by atoms with van der Waals surface area (Å²) in [4.78, 5) is 9.91. The third-order valence-electron chi connectivity index (χ3n) is 0.759. The summed E-state index contributed by atoms with van der Waals surface area (Å²) in [6.07, 6.45) is -1.30. The molecule has 0 aromatic carbocycles. The first-order chi connectivity index (χ1) is 4.04. The third kappa shape index (κ3) is 3.78. The lowest BCUT2D eigenvalue weighted by Gasteiger charge is -2.11. The largest absolute Gasteiger partial charge is 0.463 e. The van der Waals surface area contributed by atoms with E-state index in [9.17, 15) is 4.79 Å². The fourth-order valence-electron chi connectivity index (χ4n) is 0.424. The van der Waals surface area contributed by atoms with Crippen molar-refractivity contribution in [3.8, 4) is 0 Å². The van der Waals surface area contributed by atoms with Crippen molar-refractivity contribution in [1.29, 1.82) is 0 Å². The molecule has 0 spiro atoms.